The zero-order valence-corrected chi connectivity index (χ0v) is 16.9. The van der Waals surface area contributed by atoms with Gasteiger partial charge in [-0.05, 0) is 32.2 Å². The highest BCUT2D eigenvalue weighted by Gasteiger charge is 2.17. The van der Waals surface area contributed by atoms with Crippen molar-refractivity contribution in [3.8, 4) is 0 Å². The number of nitrogens with one attached hydrogen (secondary N) is 1. The molecule has 2 rings (SSSR count). The van der Waals surface area contributed by atoms with Gasteiger partial charge in [0.15, 0.2) is 0 Å². The Morgan fingerprint density at radius 3 is 2.79 bits per heavy atom. The van der Waals surface area contributed by atoms with E-state index in [1.165, 1.54) is 22.7 Å². The molecule has 9 heteroatoms. The molecule has 0 aliphatic carbocycles. The number of hydrogen-bond acceptors (Lipinski definition) is 7. The van der Waals surface area contributed by atoms with Gasteiger partial charge in [0, 0.05) is 28.7 Å². The summed E-state index contributed by atoms with van der Waals surface area (Å²) in [6.07, 6.45) is -0.541. The largest absolute Gasteiger partial charge is 0.444 e. The fraction of sp³-hybridized carbons (Fsp3) is 0.467. The summed E-state index contributed by atoms with van der Waals surface area (Å²) in [6.45, 7) is 5.55. The molecule has 24 heavy (non-hydrogen) atoms. The highest BCUT2D eigenvalue weighted by molar-refractivity contribution is 7.84. The molecular weight excluding hydrogens is 386 g/mol. The van der Waals surface area contributed by atoms with Crippen molar-refractivity contribution in [2.45, 2.75) is 36.3 Å². The normalized spacial score (nSPS) is 13.0. The van der Waals surface area contributed by atoms with Gasteiger partial charge in [0.2, 0.25) is 5.43 Å². The number of thiophene rings is 1. The van der Waals surface area contributed by atoms with Crippen LogP contribution in [0.15, 0.2) is 20.5 Å². The van der Waals surface area contributed by atoms with Crippen LogP contribution in [0.5, 0.6) is 0 Å². The van der Waals surface area contributed by atoms with Gasteiger partial charge in [-0.25, -0.2) is 4.79 Å². The molecule has 0 aliphatic heterocycles. The third kappa shape index (κ3) is 5.30. The number of alkyl carbamates (subject to hydrolysis) is 1. The third-order valence-electron chi connectivity index (χ3n) is 2.88. The van der Waals surface area contributed by atoms with Crippen LogP contribution in [0.1, 0.15) is 26.3 Å². The van der Waals surface area contributed by atoms with E-state index >= 15 is 0 Å². The summed E-state index contributed by atoms with van der Waals surface area (Å²) in [5.74, 6) is 0.386. The summed E-state index contributed by atoms with van der Waals surface area (Å²) in [6, 6.07) is 1.89. The molecule has 132 valence electrons. The van der Waals surface area contributed by atoms with Crippen molar-refractivity contribution >= 4 is 61.6 Å². The summed E-state index contributed by atoms with van der Waals surface area (Å²) < 4.78 is 19.5. The molecular formula is C15H19NO4S4. The fourth-order valence-corrected chi connectivity index (χ4v) is 5.56. The van der Waals surface area contributed by atoms with E-state index < -0.39 is 22.5 Å². The van der Waals surface area contributed by atoms with Crippen molar-refractivity contribution in [2.24, 2.45) is 0 Å². The van der Waals surface area contributed by atoms with Crippen LogP contribution < -0.4 is 10.7 Å². The molecule has 2 aromatic heterocycles. The second kappa shape index (κ2) is 7.99. The highest BCUT2D eigenvalue weighted by Crippen LogP contribution is 2.28. The Kier molecular flexibility index (Phi) is 6.46. The van der Waals surface area contributed by atoms with E-state index in [0.29, 0.717) is 14.5 Å². The van der Waals surface area contributed by atoms with Crippen molar-refractivity contribution in [1.29, 1.82) is 0 Å². The lowest BCUT2D eigenvalue weighted by atomic mass is 10.2. The molecule has 0 saturated heterocycles. The Morgan fingerprint density at radius 1 is 1.42 bits per heavy atom. The Hall–Kier alpha value is -0.900. The maximum atomic E-state index is 12.4. The second-order valence-corrected chi connectivity index (χ2v) is 10.3. The quantitative estimate of drug-likeness (QED) is 0.748. The number of thiol groups is 1. The van der Waals surface area contributed by atoms with Gasteiger partial charge in [-0.3, -0.25) is 9.00 Å². The molecule has 2 aromatic rings. The Balaban J connectivity index is 1.94. The first-order valence-electron chi connectivity index (χ1n) is 7.21. The van der Waals surface area contributed by atoms with E-state index in [1.807, 2.05) is 11.4 Å². The maximum absolute atomic E-state index is 12.4. The SMILES string of the molecule is CC(C)(C)OC(=O)NCCS(=O)Cc1c(S)sc2ccsc2c1=O. The molecule has 0 saturated carbocycles. The zero-order chi connectivity index (χ0) is 17.9. The standard InChI is InChI=1S/C15H19NO4S4/c1-15(2,3)20-14(18)16-5-7-24(19)8-9-11(17)12-10(4-6-22-12)23-13(9)21/h4,6,21H,5,7-8H2,1-3H3,(H,16,18). The first-order chi connectivity index (χ1) is 11.2. The second-order valence-electron chi connectivity index (χ2n) is 6.05. The molecule has 1 N–H and O–H groups in total. The number of ether oxygens (including phenoxy) is 1. The molecule has 1 atom stereocenters. The van der Waals surface area contributed by atoms with Crippen LogP contribution in [0.3, 0.4) is 0 Å². The van der Waals surface area contributed by atoms with Gasteiger partial charge in [0.1, 0.15) is 5.60 Å². The molecule has 0 aliphatic rings. The number of fused-ring (bicyclic) bond motifs is 1. The Bertz CT molecular complexity index is 819. The zero-order valence-electron chi connectivity index (χ0n) is 13.6. The van der Waals surface area contributed by atoms with Crippen molar-refractivity contribution in [1.82, 2.24) is 5.32 Å². The van der Waals surface area contributed by atoms with E-state index in [9.17, 15) is 13.8 Å². The van der Waals surface area contributed by atoms with Gasteiger partial charge in [0.05, 0.1) is 19.4 Å². The predicted octanol–water partition coefficient (Wildman–Crippen LogP) is 3.39. The highest BCUT2D eigenvalue weighted by atomic mass is 32.2. The van der Waals surface area contributed by atoms with E-state index in [4.69, 9.17) is 4.74 Å². The van der Waals surface area contributed by atoms with Crippen molar-refractivity contribution in [2.75, 3.05) is 12.3 Å². The van der Waals surface area contributed by atoms with Crippen LogP contribution >= 0.6 is 35.3 Å². The Labute approximate surface area is 156 Å². The summed E-state index contributed by atoms with van der Waals surface area (Å²) in [4.78, 5) is 24.0. The van der Waals surface area contributed by atoms with Crippen molar-refractivity contribution < 1.29 is 13.7 Å². The van der Waals surface area contributed by atoms with E-state index in [0.717, 1.165) is 4.70 Å². The summed E-state index contributed by atoms with van der Waals surface area (Å²) >= 11 is 7.16. The third-order valence-corrected chi connectivity index (χ3v) is 6.73. The first kappa shape index (κ1) is 19.4. The minimum absolute atomic E-state index is 0.0998. The molecule has 0 bridgehead atoms. The molecule has 0 radical (unpaired) electrons. The van der Waals surface area contributed by atoms with Gasteiger partial charge in [-0.2, -0.15) is 0 Å². The predicted molar refractivity (Wildman–Crippen MR) is 104 cm³/mol. The average Bonchev–Trinajstić information content (AvgIpc) is 2.89. The molecule has 1 amide bonds. The van der Waals surface area contributed by atoms with Crippen molar-refractivity contribution in [3.63, 3.8) is 0 Å². The lowest BCUT2D eigenvalue weighted by Gasteiger charge is -2.19. The van der Waals surface area contributed by atoms with Crippen LogP contribution in [0.4, 0.5) is 4.79 Å². The van der Waals surface area contributed by atoms with Crippen molar-refractivity contribution in [3.05, 3.63) is 27.2 Å². The van der Waals surface area contributed by atoms with Crippen LogP contribution in [0.25, 0.3) is 9.40 Å². The minimum atomic E-state index is -1.27. The van der Waals surface area contributed by atoms with Crippen LogP contribution in [-0.4, -0.2) is 28.2 Å². The first-order valence-corrected chi connectivity index (χ1v) is 10.8. The molecule has 0 spiro atoms. The van der Waals surface area contributed by atoms with Crippen LogP contribution in [0.2, 0.25) is 0 Å². The van der Waals surface area contributed by atoms with E-state index in [1.54, 1.807) is 20.8 Å². The molecule has 2 heterocycles. The van der Waals surface area contributed by atoms with Crippen LogP contribution in [-0.2, 0) is 21.3 Å². The fourth-order valence-electron chi connectivity index (χ4n) is 1.88. The van der Waals surface area contributed by atoms with Gasteiger partial charge < -0.3 is 10.1 Å². The number of carbonyl (C=O) groups is 1. The molecule has 0 aromatic carbocycles. The molecule has 1 unspecified atom stereocenters. The smallest absolute Gasteiger partial charge is 0.407 e. The summed E-state index contributed by atoms with van der Waals surface area (Å²) in [5, 5.41) is 4.43. The van der Waals surface area contributed by atoms with Gasteiger partial charge >= 0.3 is 6.09 Å². The summed E-state index contributed by atoms with van der Waals surface area (Å²) in [7, 11) is -1.27. The molecule has 0 fully saturated rings. The lowest BCUT2D eigenvalue weighted by molar-refractivity contribution is 0.0531. The molecule has 5 nitrogen and oxygen atoms in total. The monoisotopic (exact) mass is 405 g/mol. The number of hydrogen-bond donors (Lipinski definition) is 2. The topological polar surface area (TPSA) is 72.5 Å². The van der Waals surface area contributed by atoms with Gasteiger partial charge in [0.25, 0.3) is 0 Å². The minimum Gasteiger partial charge on any atom is -0.444 e. The number of rotatable bonds is 5. The van der Waals surface area contributed by atoms with Gasteiger partial charge in [-0.15, -0.1) is 35.3 Å². The summed E-state index contributed by atoms with van der Waals surface area (Å²) in [5.41, 5.74) is -0.190. The Morgan fingerprint density at radius 2 is 2.12 bits per heavy atom. The number of amides is 1. The maximum Gasteiger partial charge on any atom is 0.407 e. The van der Waals surface area contributed by atoms with E-state index in [2.05, 4.69) is 17.9 Å². The lowest BCUT2D eigenvalue weighted by Crippen LogP contribution is -2.34. The van der Waals surface area contributed by atoms with Crippen LogP contribution in [0, 0.1) is 0 Å². The number of carbonyl (C=O) groups excluding carboxylic acids is 1. The average molecular weight is 406 g/mol. The van der Waals surface area contributed by atoms with Gasteiger partial charge in [-0.1, -0.05) is 0 Å². The van der Waals surface area contributed by atoms with E-state index in [-0.39, 0.29) is 23.5 Å².